The minimum absolute atomic E-state index is 0.0446. The molecule has 1 aromatic rings. The van der Waals surface area contributed by atoms with Gasteiger partial charge in [-0.05, 0) is 30.5 Å². The Morgan fingerprint density at radius 3 is 2.89 bits per heavy atom. The number of morpholine rings is 1. The zero-order valence-corrected chi connectivity index (χ0v) is 11.3. The molecule has 0 bridgehead atoms. The summed E-state index contributed by atoms with van der Waals surface area (Å²) in [5.41, 5.74) is 0.691. The first-order chi connectivity index (χ1) is 8.79. The van der Waals surface area contributed by atoms with Crippen molar-refractivity contribution < 1.29 is 9.53 Å². The van der Waals surface area contributed by atoms with Gasteiger partial charge in [0.25, 0.3) is 5.91 Å². The number of hydrogen-bond donors (Lipinski definition) is 2. The SMILES string of the molecule is CSc1ccc(C(=O)NCC2CNCCO2)cc1. The Bertz CT molecular complexity index is 388. The number of ether oxygens (including phenoxy) is 1. The van der Waals surface area contributed by atoms with Crippen LogP contribution in [0.25, 0.3) is 0 Å². The van der Waals surface area contributed by atoms with Gasteiger partial charge in [0.15, 0.2) is 0 Å². The average molecular weight is 266 g/mol. The van der Waals surface area contributed by atoms with Crippen LogP contribution < -0.4 is 10.6 Å². The number of hydrogen-bond acceptors (Lipinski definition) is 4. The van der Waals surface area contributed by atoms with Gasteiger partial charge in [-0.15, -0.1) is 11.8 Å². The third-order valence-corrected chi connectivity index (χ3v) is 3.59. The number of nitrogens with one attached hydrogen (secondary N) is 2. The Morgan fingerprint density at radius 1 is 1.50 bits per heavy atom. The van der Waals surface area contributed by atoms with E-state index in [9.17, 15) is 4.79 Å². The smallest absolute Gasteiger partial charge is 0.251 e. The van der Waals surface area contributed by atoms with Crippen molar-refractivity contribution in [3.8, 4) is 0 Å². The molecule has 1 atom stereocenters. The third kappa shape index (κ3) is 3.73. The van der Waals surface area contributed by atoms with Crippen molar-refractivity contribution in [2.24, 2.45) is 0 Å². The van der Waals surface area contributed by atoms with Crippen molar-refractivity contribution in [3.63, 3.8) is 0 Å². The summed E-state index contributed by atoms with van der Waals surface area (Å²) < 4.78 is 5.52. The molecule has 1 saturated heterocycles. The highest BCUT2D eigenvalue weighted by Crippen LogP contribution is 2.14. The van der Waals surface area contributed by atoms with Crippen molar-refractivity contribution in [1.29, 1.82) is 0 Å². The molecule has 1 aliphatic rings. The zero-order chi connectivity index (χ0) is 12.8. The van der Waals surface area contributed by atoms with Gasteiger partial charge in [-0.3, -0.25) is 4.79 Å². The van der Waals surface area contributed by atoms with Crippen molar-refractivity contribution in [2.45, 2.75) is 11.0 Å². The van der Waals surface area contributed by atoms with E-state index in [1.165, 1.54) is 0 Å². The van der Waals surface area contributed by atoms with E-state index in [0.717, 1.165) is 18.0 Å². The molecule has 1 fully saturated rings. The van der Waals surface area contributed by atoms with Crippen LogP contribution in [0.15, 0.2) is 29.2 Å². The Labute approximate surface area is 111 Å². The van der Waals surface area contributed by atoms with Gasteiger partial charge in [0, 0.05) is 30.1 Å². The molecule has 0 radical (unpaired) electrons. The van der Waals surface area contributed by atoms with Gasteiger partial charge in [0.2, 0.25) is 0 Å². The minimum Gasteiger partial charge on any atom is -0.374 e. The normalized spacial score (nSPS) is 19.5. The first kappa shape index (κ1) is 13.4. The van der Waals surface area contributed by atoms with Gasteiger partial charge in [-0.25, -0.2) is 0 Å². The van der Waals surface area contributed by atoms with Crippen LogP contribution in [0.5, 0.6) is 0 Å². The average Bonchev–Trinajstić information content (AvgIpc) is 2.46. The highest BCUT2D eigenvalue weighted by Gasteiger charge is 2.14. The van der Waals surface area contributed by atoms with E-state index < -0.39 is 0 Å². The molecule has 1 unspecified atom stereocenters. The molecule has 4 nitrogen and oxygen atoms in total. The number of carbonyl (C=O) groups is 1. The second-order valence-corrected chi connectivity index (χ2v) is 5.02. The Hall–Kier alpha value is -1.04. The van der Waals surface area contributed by atoms with Crippen LogP contribution in [-0.2, 0) is 4.74 Å². The lowest BCUT2D eigenvalue weighted by atomic mass is 10.2. The zero-order valence-electron chi connectivity index (χ0n) is 10.4. The van der Waals surface area contributed by atoms with Crippen LogP contribution in [0.4, 0.5) is 0 Å². The minimum atomic E-state index is -0.0446. The standard InChI is InChI=1S/C13H18N2O2S/c1-18-12-4-2-10(3-5-12)13(16)15-9-11-8-14-6-7-17-11/h2-5,11,14H,6-9H2,1H3,(H,15,16). The van der Waals surface area contributed by atoms with E-state index in [4.69, 9.17) is 4.74 Å². The third-order valence-electron chi connectivity index (χ3n) is 2.85. The first-order valence-corrected chi connectivity index (χ1v) is 7.26. The summed E-state index contributed by atoms with van der Waals surface area (Å²) in [5.74, 6) is -0.0446. The molecule has 5 heteroatoms. The van der Waals surface area contributed by atoms with E-state index >= 15 is 0 Å². The van der Waals surface area contributed by atoms with Crippen molar-refractivity contribution in [2.75, 3.05) is 32.5 Å². The second kappa shape index (κ2) is 6.78. The molecule has 1 aliphatic heterocycles. The molecule has 0 aromatic heterocycles. The highest BCUT2D eigenvalue weighted by atomic mass is 32.2. The monoisotopic (exact) mass is 266 g/mol. The van der Waals surface area contributed by atoms with Gasteiger partial charge in [-0.2, -0.15) is 0 Å². The fourth-order valence-corrected chi connectivity index (χ4v) is 2.21. The lowest BCUT2D eigenvalue weighted by molar-refractivity contribution is 0.0287. The van der Waals surface area contributed by atoms with Crippen molar-refractivity contribution in [1.82, 2.24) is 10.6 Å². The van der Waals surface area contributed by atoms with Crippen LogP contribution >= 0.6 is 11.8 Å². The molecule has 1 amide bonds. The molecule has 1 aromatic carbocycles. The van der Waals surface area contributed by atoms with E-state index in [0.29, 0.717) is 18.7 Å². The topological polar surface area (TPSA) is 50.4 Å². The van der Waals surface area contributed by atoms with Crippen LogP contribution in [0, 0.1) is 0 Å². The number of rotatable bonds is 4. The lowest BCUT2D eigenvalue weighted by Crippen LogP contribution is -2.45. The maximum Gasteiger partial charge on any atom is 0.251 e. The molecule has 0 saturated carbocycles. The first-order valence-electron chi connectivity index (χ1n) is 6.04. The Morgan fingerprint density at radius 2 is 2.28 bits per heavy atom. The molecule has 2 N–H and O–H groups in total. The van der Waals surface area contributed by atoms with Gasteiger partial charge in [0.1, 0.15) is 0 Å². The van der Waals surface area contributed by atoms with Crippen molar-refractivity contribution in [3.05, 3.63) is 29.8 Å². The summed E-state index contributed by atoms with van der Waals surface area (Å²) in [4.78, 5) is 13.1. The fourth-order valence-electron chi connectivity index (χ4n) is 1.80. The molecular weight excluding hydrogens is 248 g/mol. The van der Waals surface area contributed by atoms with E-state index in [2.05, 4.69) is 10.6 Å². The maximum atomic E-state index is 11.9. The van der Waals surface area contributed by atoms with Crippen LogP contribution in [0.2, 0.25) is 0 Å². The lowest BCUT2D eigenvalue weighted by Gasteiger charge is -2.23. The van der Waals surface area contributed by atoms with Crippen molar-refractivity contribution >= 4 is 17.7 Å². The highest BCUT2D eigenvalue weighted by molar-refractivity contribution is 7.98. The summed E-state index contributed by atoms with van der Waals surface area (Å²) in [6, 6.07) is 7.61. The van der Waals surface area contributed by atoms with E-state index in [-0.39, 0.29) is 12.0 Å². The molecule has 2 rings (SSSR count). The van der Waals surface area contributed by atoms with Gasteiger partial charge < -0.3 is 15.4 Å². The quantitative estimate of drug-likeness (QED) is 0.802. The molecule has 1 heterocycles. The number of amides is 1. The maximum absolute atomic E-state index is 11.9. The molecule has 0 spiro atoms. The predicted molar refractivity (Wildman–Crippen MR) is 73.2 cm³/mol. The van der Waals surface area contributed by atoms with Gasteiger partial charge in [0.05, 0.1) is 12.7 Å². The summed E-state index contributed by atoms with van der Waals surface area (Å²) in [6.07, 6.45) is 2.09. The number of thioether (sulfide) groups is 1. The summed E-state index contributed by atoms with van der Waals surface area (Å²) in [7, 11) is 0. The Balaban J connectivity index is 1.82. The number of carbonyl (C=O) groups excluding carboxylic acids is 1. The summed E-state index contributed by atoms with van der Waals surface area (Å²) in [6.45, 7) is 2.95. The largest absolute Gasteiger partial charge is 0.374 e. The van der Waals surface area contributed by atoms with Crippen LogP contribution in [0.3, 0.4) is 0 Å². The van der Waals surface area contributed by atoms with Gasteiger partial charge >= 0.3 is 0 Å². The number of benzene rings is 1. The molecule has 0 aliphatic carbocycles. The van der Waals surface area contributed by atoms with E-state index in [1.54, 1.807) is 11.8 Å². The second-order valence-electron chi connectivity index (χ2n) is 4.14. The van der Waals surface area contributed by atoms with Crippen LogP contribution in [0.1, 0.15) is 10.4 Å². The van der Waals surface area contributed by atoms with Crippen LogP contribution in [-0.4, -0.2) is 44.5 Å². The molecule has 18 heavy (non-hydrogen) atoms. The molecule has 98 valence electrons. The fraction of sp³-hybridized carbons (Fsp3) is 0.462. The summed E-state index contributed by atoms with van der Waals surface area (Å²) >= 11 is 1.67. The predicted octanol–water partition coefficient (Wildman–Crippen LogP) is 1.13. The Kier molecular flexibility index (Phi) is 5.04. The van der Waals surface area contributed by atoms with E-state index in [1.807, 2.05) is 30.5 Å². The molecular formula is C13H18N2O2S. The van der Waals surface area contributed by atoms with Gasteiger partial charge in [-0.1, -0.05) is 0 Å². The summed E-state index contributed by atoms with van der Waals surface area (Å²) in [5, 5.41) is 6.13.